The lowest BCUT2D eigenvalue weighted by Gasteiger charge is -1.96. The van der Waals surface area contributed by atoms with Gasteiger partial charge in [-0.05, 0) is 6.92 Å². The van der Waals surface area contributed by atoms with Gasteiger partial charge in [-0.2, -0.15) is 5.26 Å². The van der Waals surface area contributed by atoms with Crippen molar-refractivity contribution < 1.29 is 4.79 Å². The van der Waals surface area contributed by atoms with E-state index >= 15 is 0 Å². The molecular weight excluding hydrogens is 240 g/mol. The molecule has 19 heavy (non-hydrogen) atoms. The van der Waals surface area contributed by atoms with Crippen LogP contribution in [0.1, 0.15) is 21.5 Å². The number of aryl methyl sites for hydroxylation is 1. The smallest absolute Gasteiger partial charge is 0.159 e. The number of nitrogens with zero attached hydrogens (tertiary/aromatic N) is 3. The lowest BCUT2D eigenvalue weighted by atomic mass is 10.1. The van der Waals surface area contributed by atoms with Crippen LogP contribution in [-0.2, 0) is 0 Å². The largest absolute Gasteiger partial charge is 0.322 e. The van der Waals surface area contributed by atoms with E-state index in [-0.39, 0.29) is 0 Å². The molecule has 5 heteroatoms. The van der Waals surface area contributed by atoms with Crippen LogP contribution >= 0.6 is 0 Å². The third-order valence-corrected chi connectivity index (χ3v) is 3.02. The van der Waals surface area contributed by atoms with Crippen LogP contribution in [0.25, 0.3) is 17.0 Å². The van der Waals surface area contributed by atoms with Crippen molar-refractivity contribution in [2.75, 3.05) is 0 Å². The molecular formula is C14H10N4O. The second-order valence-electron chi connectivity index (χ2n) is 4.32. The van der Waals surface area contributed by atoms with Gasteiger partial charge in [0, 0.05) is 11.8 Å². The Kier molecular flexibility index (Phi) is 2.43. The number of nitriles is 1. The highest BCUT2D eigenvalue weighted by Crippen LogP contribution is 2.20. The van der Waals surface area contributed by atoms with Gasteiger partial charge in [-0.15, -0.1) is 5.10 Å². The van der Waals surface area contributed by atoms with E-state index in [9.17, 15) is 4.79 Å². The fourth-order valence-corrected chi connectivity index (χ4v) is 2.00. The van der Waals surface area contributed by atoms with E-state index in [2.05, 4.69) is 10.1 Å². The van der Waals surface area contributed by atoms with Crippen LogP contribution in [-0.4, -0.2) is 20.9 Å². The molecule has 0 saturated carbocycles. The number of rotatable bonds is 2. The maximum Gasteiger partial charge on any atom is 0.159 e. The molecule has 1 aromatic carbocycles. The minimum Gasteiger partial charge on any atom is -0.322 e. The van der Waals surface area contributed by atoms with E-state index < -0.39 is 0 Å². The van der Waals surface area contributed by atoms with Crippen LogP contribution in [0.4, 0.5) is 0 Å². The summed E-state index contributed by atoms with van der Waals surface area (Å²) in [6.45, 7) is 2.02. The molecule has 0 spiro atoms. The van der Waals surface area contributed by atoms with Crippen molar-refractivity contribution in [2.45, 2.75) is 6.92 Å². The number of nitrogens with one attached hydrogen (secondary N) is 1. The molecule has 0 unspecified atom stereocenters. The summed E-state index contributed by atoms with van der Waals surface area (Å²) in [5, 5.41) is 13.4. The zero-order valence-corrected chi connectivity index (χ0v) is 10.2. The zero-order chi connectivity index (χ0) is 13.4. The minimum atomic E-state index is 0.320. The van der Waals surface area contributed by atoms with Gasteiger partial charge in [-0.25, -0.2) is 4.52 Å². The van der Waals surface area contributed by atoms with Gasteiger partial charge < -0.3 is 4.98 Å². The first-order valence-corrected chi connectivity index (χ1v) is 5.76. The summed E-state index contributed by atoms with van der Waals surface area (Å²) < 4.78 is 1.53. The number of hydrogen-bond acceptors (Lipinski definition) is 3. The van der Waals surface area contributed by atoms with Crippen LogP contribution in [0.2, 0.25) is 0 Å². The normalized spacial score (nSPS) is 10.5. The SMILES string of the molecule is Cc1ccc(-c2nn3cc(C=O)c(C#N)c3[nH]2)cc1. The van der Waals surface area contributed by atoms with Gasteiger partial charge >= 0.3 is 0 Å². The lowest BCUT2D eigenvalue weighted by molar-refractivity contribution is 0.112. The van der Waals surface area contributed by atoms with Crippen LogP contribution in [0.3, 0.4) is 0 Å². The molecule has 2 aromatic heterocycles. The Hall–Kier alpha value is -2.87. The molecule has 3 rings (SSSR count). The van der Waals surface area contributed by atoms with Gasteiger partial charge in [0.05, 0.1) is 5.56 Å². The third-order valence-electron chi connectivity index (χ3n) is 3.02. The number of aromatic nitrogens is 3. The molecule has 0 aliphatic carbocycles. The maximum absolute atomic E-state index is 10.8. The van der Waals surface area contributed by atoms with Gasteiger partial charge in [-0.1, -0.05) is 29.8 Å². The number of fused-ring (bicyclic) bond motifs is 1. The van der Waals surface area contributed by atoms with Crippen LogP contribution in [0.5, 0.6) is 0 Å². The van der Waals surface area contributed by atoms with Gasteiger partial charge in [-0.3, -0.25) is 4.79 Å². The predicted octanol–water partition coefficient (Wildman–Crippen LogP) is 2.32. The topological polar surface area (TPSA) is 74.0 Å². The Morgan fingerprint density at radius 3 is 2.74 bits per heavy atom. The Morgan fingerprint density at radius 2 is 2.11 bits per heavy atom. The molecule has 3 aromatic rings. The van der Waals surface area contributed by atoms with Crippen LogP contribution in [0, 0.1) is 18.3 Å². The van der Waals surface area contributed by atoms with Crippen molar-refractivity contribution in [3.8, 4) is 17.5 Å². The average Bonchev–Trinajstić information content (AvgIpc) is 2.95. The summed E-state index contributed by atoms with van der Waals surface area (Å²) in [6, 6.07) is 9.93. The quantitative estimate of drug-likeness (QED) is 0.709. The summed E-state index contributed by atoms with van der Waals surface area (Å²) >= 11 is 0. The van der Waals surface area contributed by atoms with Crippen molar-refractivity contribution >= 4 is 11.9 Å². The molecule has 0 atom stereocenters. The number of H-pyrrole nitrogens is 1. The average molecular weight is 250 g/mol. The third kappa shape index (κ3) is 1.70. The van der Waals surface area contributed by atoms with E-state index in [0.717, 1.165) is 5.56 Å². The Morgan fingerprint density at radius 1 is 1.37 bits per heavy atom. The summed E-state index contributed by atoms with van der Waals surface area (Å²) in [4.78, 5) is 13.9. The van der Waals surface area contributed by atoms with Crippen LogP contribution < -0.4 is 0 Å². The van der Waals surface area contributed by atoms with E-state index in [1.165, 1.54) is 10.1 Å². The number of carbonyl (C=O) groups excluding carboxylic acids is 1. The molecule has 0 fully saturated rings. The Balaban J connectivity index is 2.18. The second-order valence-corrected chi connectivity index (χ2v) is 4.32. The first kappa shape index (κ1) is 11.2. The first-order chi connectivity index (χ1) is 9.22. The van der Waals surface area contributed by atoms with Crippen molar-refractivity contribution in [2.24, 2.45) is 0 Å². The summed E-state index contributed by atoms with van der Waals surface area (Å²) in [6.07, 6.45) is 2.21. The van der Waals surface area contributed by atoms with Crippen molar-refractivity contribution in [3.05, 3.63) is 47.2 Å². The highest BCUT2D eigenvalue weighted by molar-refractivity contribution is 5.84. The molecule has 0 radical (unpaired) electrons. The molecule has 0 bridgehead atoms. The van der Waals surface area contributed by atoms with E-state index in [4.69, 9.17) is 5.26 Å². The Labute approximate surface area is 109 Å². The minimum absolute atomic E-state index is 0.320. The lowest BCUT2D eigenvalue weighted by Crippen LogP contribution is -1.85. The molecule has 0 saturated heterocycles. The molecule has 0 amide bonds. The molecule has 92 valence electrons. The highest BCUT2D eigenvalue weighted by Gasteiger charge is 2.14. The fraction of sp³-hybridized carbons (Fsp3) is 0.0714. The van der Waals surface area contributed by atoms with E-state index in [0.29, 0.717) is 28.9 Å². The molecule has 0 aliphatic rings. The first-order valence-electron chi connectivity index (χ1n) is 5.76. The van der Waals surface area contributed by atoms with Crippen molar-refractivity contribution in [3.63, 3.8) is 0 Å². The molecule has 1 N–H and O–H groups in total. The summed E-state index contributed by atoms with van der Waals surface area (Å²) in [7, 11) is 0. The standard InChI is InChI=1S/C14H10N4O/c1-9-2-4-10(5-3-9)13-16-14-12(6-15)11(8-19)7-18(14)17-13/h2-5,7-8H,1H3,(H,16,17). The molecule has 0 aliphatic heterocycles. The second kappa shape index (κ2) is 4.10. The maximum atomic E-state index is 10.8. The summed E-state index contributed by atoms with van der Waals surface area (Å²) in [5.74, 6) is 0.670. The van der Waals surface area contributed by atoms with Crippen molar-refractivity contribution in [1.82, 2.24) is 14.6 Å². The summed E-state index contributed by atoms with van der Waals surface area (Å²) in [5.41, 5.74) is 3.31. The molecule has 2 heterocycles. The van der Waals surface area contributed by atoms with Gasteiger partial charge in [0.25, 0.3) is 0 Å². The van der Waals surface area contributed by atoms with Gasteiger partial charge in [0.1, 0.15) is 11.6 Å². The monoisotopic (exact) mass is 250 g/mol. The Bertz CT molecular complexity index is 802. The number of carbonyl (C=O) groups is 1. The molecule has 5 nitrogen and oxygen atoms in total. The number of benzene rings is 1. The van der Waals surface area contributed by atoms with Crippen LogP contribution in [0.15, 0.2) is 30.5 Å². The number of aromatic amines is 1. The van der Waals surface area contributed by atoms with Gasteiger partial charge in [0.15, 0.2) is 17.8 Å². The zero-order valence-electron chi connectivity index (χ0n) is 10.2. The number of hydrogen-bond donors (Lipinski definition) is 1. The number of aldehydes is 1. The van der Waals surface area contributed by atoms with E-state index in [1.54, 1.807) is 6.20 Å². The highest BCUT2D eigenvalue weighted by atomic mass is 16.1. The van der Waals surface area contributed by atoms with Crippen molar-refractivity contribution in [1.29, 1.82) is 5.26 Å². The fourth-order valence-electron chi connectivity index (χ4n) is 2.00. The van der Waals surface area contributed by atoms with Gasteiger partial charge in [0.2, 0.25) is 0 Å². The van der Waals surface area contributed by atoms with E-state index in [1.807, 2.05) is 37.3 Å². The predicted molar refractivity (Wildman–Crippen MR) is 69.8 cm³/mol.